The number of oxazole rings is 1. The fraction of sp³-hybridized carbons (Fsp3) is 0.323. The molecule has 0 bridgehead atoms. The molecule has 1 saturated heterocycles. The van der Waals surface area contributed by atoms with E-state index in [1.807, 2.05) is 68.1 Å². The highest BCUT2D eigenvalue weighted by Gasteiger charge is 2.30. The Morgan fingerprint density at radius 3 is 2.32 bits per heavy atom. The zero-order valence-corrected chi connectivity index (χ0v) is 21.9. The van der Waals surface area contributed by atoms with Gasteiger partial charge in [0.05, 0.1) is 0 Å². The second-order valence-electron chi connectivity index (χ2n) is 10.2. The lowest BCUT2D eigenvalue weighted by Gasteiger charge is -2.34. The van der Waals surface area contributed by atoms with E-state index in [1.165, 1.54) is 5.56 Å². The summed E-state index contributed by atoms with van der Waals surface area (Å²) in [6, 6.07) is 19.3. The molecule has 1 aliphatic heterocycles. The monoisotopic (exact) mass is 495 g/mol. The quantitative estimate of drug-likeness (QED) is 0.341. The lowest BCUT2D eigenvalue weighted by atomic mass is 9.84. The van der Waals surface area contributed by atoms with E-state index in [1.54, 1.807) is 6.07 Å². The van der Waals surface area contributed by atoms with Crippen molar-refractivity contribution in [3.05, 3.63) is 82.9 Å². The van der Waals surface area contributed by atoms with Gasteiger partial charge in [-0.3, -0.25) is 9.59 Å². The van der Waals surface area contributed by atoms with Crippen LogP contribution in [0.3, 0.4) is 0 Å². The Labute approximate surface area is 217 Å². The highest BCUT2D eigenvalue weighted by molar-refractivity contribution is 5.97. The Morgan fingerprint density at radius 2 is 1.65 bits per heavy atom. The van der Waals surface area contributed by atoms with Crippen molar-refractivity contribution < 1.29 is 14.0 Å². The third-order valence-corrected chi connectivity index (χ3v) is 7.53. The summed E-state index contributed by atoms with van der Waals surface area (Å²) in [5, 5.41) is 3.16. The molecule has 2 amide bonds. The normalized spacial score (nSPS) is 15.1. The van der Waals surface area contributed by atoms with Gasteiger partial charge in [0.2, 0.25) is 11.8 Å². The highest BCUT2D eigenvalue weighted by Crippen LogP contribution is 2.30. The van der Waals surface area contributed by atoms with Gasteiger partial charge in [-0.15, -0.1) is 0 Å². The summed E-state index contributed by atoms with van der Waals surface area (Å²) < 4.78 is 5.89. The van der Waals surface area contributed by atoms with Crippen LogP contribution in [-0.4, -0.2) is 34.8 Å². The molecule has 0 unspecified atom stereocenters. The molecule has 1 aliphatic rings. The summed E-state index contributed by atoms with van der Waals surface area (Å²) >= 11 is 0. The van der Waals surface area contributed by atoms with E-state index in [0.717, 1.165) is 35.2 Å². The molecule has 1 aromatic heterocycles. The number of hydrogen-bond acceptors (Lipinski definition) is 4. The number of carbonyl (C=O) groups excluding carboxylic acids is 2. The van der Waals surface area contributed by atoms with Crippen molar-refractivity contribution in [1.82, 2.24) is 9.88 Å². The standard InChI is InChI=1S/C31H33N3O3/c1-19-16-20(2)28(21(3)17-19)33-29(35)22(4)23-12-14-34(15-13-23)31(36)25-10-11-27-26(18-25)32-30(37-27)24-8-6-5-7-9-24/h5-11,16-18,22-23H,12-15H2,1-4H3,(H,33,35)/t22-/m1/s1. The summed E-state index contributed by atoms with van der Waals surface area (Å²) in [6.07, 6.45) is 1.60. The molecule has 0 radical (unpaired) electrons. The summed E-state index contributed by atoms with van der Waals surface area (Å²) in [7, 11) is 0. The number of fused-ring (bicyclic) bond motifs is 1. The van der Waals surface area contributed by atoms with E-state index < -0.39 is 0 Å². The number of rotatable bonds is 5. The Morgan fingerprint density at radius 1 is 0.973 bits per heavy atom. The van der Waals surface area contributed by atoms with Crippen LogP contribution in [0.2, 0.25) is 0 Å². The van der Waals surface area contributed by atoms with Crippen molar-refractivity contribution in [2.75, 3.05) is 18.4 Å². The van der Waals surface area contributed by atoms with Gasteiger partial charge in [0.15, 0.2) is 5.58 Å². The third kappa shape index (κ3) is 5.15. The number of carbonyl (C=O) groups is 2. The zero-order valence-electron chi connectivity index (χ0n) is 21.9. The number of aromatic nitrogens is 1. The minimum atomic E-state index is -0.125. The molecular weight excluding hydrogens is 462 g/mol. The number of aryl methyl sites for hydroxylation is 3. The van der Waals surface area contributed by atoms with Crippen molar-refractivity contribution in [3.8, 4) is 11.5 Å². The summed E-state index contributed by atoms with van der Waals surface area (Å²) in [5.74, 6) is 0.698. The molecule has 1 N–H and O–H groups in total. The maximum atomic E-state index is 13.3. The van der Waals surface area contributed by atoms with Crippen LogP contribution in [0, 0.1) is 32.6 Å². The van der Waals surface area contributed by atoms with Crippen molar-refractivity contribution in [1.29, 1.82) is 0 Å². The average molecular weight is 496 g/mol. The lowest BCUT2D eigenvalue weighted by molar-refractivity contribution is -0.121. The molecular formula is C31H33N3O3. The van der Waals surface area contributed by atoms with E-state index in [-0.39, 0.29) is 23.7 Å². The van der Waals surface area contributed by atoms with Crippen LogP contribution in [0.1, 0.15) is 46.8 Å². The predicted molar refractivity (Wildman–Crippen MR) is 147 cm³/mol. The van der Waals surface area contributed by atoms with Gasteiger partial charge in [-0.2, -0.15) is 0 Å². The molecule has 2 heterocycles. The van der Waals surface area contributed by atoms with E-state index in [2.05, 4.69) is 29.4 Å². The van der Waals surface area contributed by atoms with Crippen LogP contribution in [0.5, 0.6) is 0 Å². The first-order valence-corrected chi connectivity index (χ1v) is 12.9. The molecule has 5 rings (SSSR count). The number of likely N-dealkylation sites (tertiary alicyclic amines) is 1. The molecule has 190 valence electrons. The Kier molecular flexibility index (Phi) is 6.83. The van der Waals surface area contributed by atoms with Gasteiger partial charge in [-0.1, -0.05) is 42.8 Å². The minimum absolute atomic E-state index is 0.00683. The van der Waals surface area contributed by atoms with Crippen LogP contribution in [0.15, 0.2) is 65.1 Å². The summed E-state index contributed by atoms with van der Waals surface area (Å²) in [6.45, 7) is 9.40. The van der Waals surface area contributed by atoms with Gasteiger partial charge in [-0.05, 0) is 81.0 Å². The van der Waals surface area contributed by atoms with Gasteiger partial charge in [-0.25, -0.2) is 4.98 Å². The maximum Gasteiger partial charge on any atom is 0.253 e. The van der Waals surface area contributed by atoms with E-state index in [0.29, 0.717) is 35.6 Å². The Balaban J connectivity index is 1.21. The number of benzene rings is 3. The van der Waals surface area contributed by atoms with Crippen LogP contribution in [0.4, 0.5) is 5.69 Å². The molecule has 1 fully saturated rings. The fourth-order valence-electron chi connectivity index (χ4n) is 5.38. The molecule has 1 atom stereocenters. The Hall–Kier alpha value is -3.93. The number of hydrogen-bond donors (Lipinski definition) is 1. The lowest BCUT2D eigenvalue weighted by Crippen LogP contribution is -2.41. The molecule has 37 heavy (non-hydrogen) atoms. The fourth-order valence-corrected chi connectivity index (χ4v) is 5.38. The Bertz CT molecular complexity index is 1430. The van der Waals surface area contributed by atoms with Gasteiger partial charge in [0, 0.05) is 35.8 Å². The second-order valence-corrected chi connectivity index (χ2v) is 10.2. The van der Waals surface area contributed by atoms with Crippen LogP contribution >= 0.6 is 0 Å². The molecule has 3 aromatic carbocycles. The molecule has 4 aromatic rings. The predicted octanol–water partition coefficient (Wildman–Crippen LogP) is 6.55. The van der Waals surface area contributed by atoms with Crippen molar-refractivity contribution >= 4 is 28.6 Å². The van der Waals surface area contributed by atoms with Gasteiger partial charge >= 0.3 is 0 Å². The van der Waals surface area contributed by atoms with Gasteiger partial charge in [0.1, 0.15) is 5.52 Å². The number of nitrogens with one attached hydrogen (secondary N) is 1. The van der Waals surface area contributed by atoms with Gasteiger partial charge in [0.25, 0.3) is 5.91 Å². The number of amides is 2. The molecule has 0 saturated carbocycles. The zero-order chi connectivity index (χ0) is 26.1. The molecule has 6 heteroatoms. The smallest absolute Gasteiger partial charge is 0.253 e. The number of anilines is 1. The number of nitrogens with zero attached hydrogens (tertiary/aromatic N) is 2. The summed E-state index contributed by atoms with van der Waals surface area (Å²) in [4.78, 5) is 32.8. The van der Waals surface area contributed by atoms with Crippen LogP contribution in [0.25, 0.3) is 22.6 Å². The highest BCUT2D eigenvalue weighted by atomic mass is 16.3. The first-order valence-electron chi connectivity index (χ1n) is 12.9. The van der Waals surface area contributed by atoms with E-state index >= 15 is 0 Å². The minimum Gasteiger partial charge on any atom is -0.436 e. The molecule has 6 nitrogen and oxygen atoms in total. The van der Waals surface area contributed by atoms with E-state index in [9.17, 15) is 9.59 Å². The van der Waals surface area contributed by atoms with Crippen molar-refractivity contribution in [3.63, 3.8) is 0 Å². The first-order chi connectivity index (χ1) is 17.8. The average Bonchev–Trinajstić information content (AvgIpc) is 3.34. The van der Waals surface area contributed by atoms with E-state index in [4.69, 9.17) is 4.42 Å². The molecule has 0 aliphatic carbocycles. The maximum absolute atomic E-state index is 13.3. The van der Waals surface area contributed by atoms with Crippen molar-refractivity contribution in [2.24, 2.45) is 11.8 Å². The SMILES string of the molecule is Cc1cc(C)c(NC(=O)[C@H](C)C2CCN(C(=O)c3ccc4oc(-c5ccccc5)nc4c3)CC2)c(C)c1. The van der Waals surface area contributed by atoms with Crippen molar-refractivity contribution in [2.45, 2.75) is 40.5 Å². The van der Waals surface area contributed by atoms with Crippen LogP contribution < -0.4 is 5.32 Å². The van der Waals surface area contributed by atoms with Crippen LogP contribution in [-0.2, 0) is 4.79 Å². The van der Waals surface area contributed by atoms with Gasteiger partial charge < -0.3 is 14.6 Å². The summed E-state index contributed by atoms with van der Waals surface area (Å²) in [5.41, 5.74) is 7.11. The molecule has 0 spiro atoms. The second kappa shape index (κ2) is 10.2. The third-order valence-electron chi connectivity index (χ3n) is 7.53. The topological polar surface area (TPSA) is 75.4 Å². The number of piperidine rings is 1. The first kappa shape index (κ1) is 24.8. The largest absolute Gasteiger partial charge is 0.436 e.